The molecule has 0 aliphatic carbocycles. The molecule has 0 spiro atoms. The van der Waals surface area contributed by atoms with Gasteiger partial charge in [0.15, 0.2) is 0 Å². The molecule has 86 valence electrons. The van der Waals surface area contributed by atoms with Crippen LogP contribution in [0.3, 0.4) is 0 Å². The summed E-state index contributed by atoms with van der Waals surface area (Å²) in [6.45, 7) is 1.65. The molecule has 1 N–H and O–H groups in total. The van der Waals surface area contributed by atoms with Gasteiger partial charge in [0.25, 0.3) is 0 Å². The molecule has 0 radical (unpaired) electrons. The lowest BCUT2D eigenvalue weighted by atomic mass is 10.4. The van der Waals surface area contributed by atoms with Crippen molar-refractivity contribution in [2.24, 2.45) is 7.05 Å². The van der Waals surface area contributed by atoms with Gasteiger partial charge in [-0.3, -0.25) is 0 Å². The topological polar surface area (TPSA) is 29.9 Å². The second-order valence-electron chi connectivity index (χ2n) is 3.39. The molecule has 0 amide bonds. The van der Waals surface area contributed by atoms with E-state index < -0.39 is 0 Å². The molecule has 0 bridgehead atoms. The van der Waals surface area contributed by atoms with E-state index in [9.17, 15) is 0 Å². The third kappa shape index (κ3) is 2.94. The lowest BCUT2D eigenvalue weighted by Crippen LogP contribution is -2.14. The summed E-state index contributed by atoms with van der Waals surface area (Å²) in [6.07, 6.45) is 3.77. The monoisotopic (exact) mass is 363 g/mol. The van der Waals surface area contributed by atoms with E-state index in [1.807, 2.05) is 24.0 Å². The predicted molar refractivity (Wildman–Crippen MR) is 73.5 cm³/mol. The van der Waals surface area contributed by atoms with Crippen LogP contribution in [0.25, 0.3) is 0 Å². The van der Waals surface area contributed by atoms with Crippen molar-refractivity contribution in [2.45, 2.75) is 13.1 Å². The maximum atomic E-state index is 4.26. The highest BCUT2D eigenvalue weighted by Crippen LogP contribution is 2.32. The van der Waals surface area contributed by atoms with Crippen molar-refractivity contribution in [3.63, 3.8) is 0 Å². The Bertz CT molecular complexity index is 459. The summed E-state index contributed by atoms with van der Waals surface area (Å²) >= 11 is 8.70. The Hall–Kier alpha value is -0.170. The van der Waals surface area contributed by atoms with Gasteiger partial charge < -0.3 is 9.88 Å². The SMILES string of the molecule is Cn1ccnc1CNCc1cc(Br)c(Br)s1. The summed E-state index contributed by atoms with van der Waals surface area (Å²) in [7, 11) is 2.00. The van der Waals surface area contributed by atoms with Crippen molar-refractivity contribution in [3.05, 3.63) is 37.4 Å². The lowest BCUT2D eigenvalue weighted by Gasteiger charge is -2.02. The summed E-state index contributed by atoms with van der Waals surface area (Å²) in [5, 5.41) is 3.37. The van der Waals surface area contributed by atoms with E-state index in [-0.39, 0.29) is 0 Å². The van der Waals surface area contributed by atoms with Gasteiger partial charge in [-0.1, -0.05) is 0 Å². The van der Waals surface area contributed by atoms with E-state index in [1.54, 1.807) is 11.3 Å². The fraction of sp³-hybridized carbons (Fsp3) is 0.300. The minimum absolute atomic E-state index is 0.788. The van der Waals surface area contributed by atoms with Crippen LogP contribution in [-0.4, -0.2) is 9.55 Å². The molecule has 2 heterocycles. The first-order valence-electron chi connectivity index (χ1n) is 4.77. The zero-order valence-corrected chi connectivity index (χ0v) is 12.7. The van der Waals surface area contributed by atoms with Crippen molar-refractivity contribution in [3.8, 4) is 0 Å². The second-order valence-corrected chi connectivity index (χ2v) is 6.70. The van der Waals surface area contributed by atoms with Crippen LogP contribution >= 0.6 is 43.2 Å². The number of imidazole rings is 1. The van der Waals surface area contributed by atoms with Crippen molar-refractivity contribution >= 4 is 43.2 Å². The van der Waals surface area contributed by atoms with Crippen LogP contribution in [0.1, 0.15) is 10.7 Å². The fourth-order valence-electron chi connectivity index (χ4n) is 1.34. The molecular formula is C10H11Br2N3S. The molecule has 0 saturated heterocycles. The Morgan fingerprint density at radius 2 is 2.25 bits per heavy atom. The normalized spacial score (nSPS) is 10.9. The molecule has 2 aromatic heterocycles. The Labute approximate surface area is 115 Å². The quantitative estimate of drug-likeness (QED) is 0.901. The minimum atomic E-state index is 0.788. The average Bonchev–Trinajstić information content (AvgIpc) is 2.76. The van der Waals surface area contributed by atoms with E-state index in [0.717, 1.165) is 27.2 Å². The zero-order valence-electron chi connectivity index (χ0n) is 8.70. The van der Waals surface area contributed by atoms with Crippen LogP contribution in [0.5, 0.6) is 0 Å². The van der Waals surface area contributed by atoms with Gasteiger partial charge >= 0.3 is 0 Å². The van der Waals surface area contributed by atoms with Gasteiger partial charge in [-0.25, -0.2) is 4.98 Å². The van der Waals surface area contributed by atoms with E-state index in [2.05, 4.69) is 48.2 Å². The third-order valence-electron chi connectivity index (χ3n) is 2.20. The van der Waals surface area contributed by atoms with Gasteiger partial charge in [0.2, 0.25) is 0 Å². The molecule has 0 aliphatic heterocycles. The Kier molecular flexibility index (Phi) is 4.18. The van der Waals surface area contributed by atoms with Crippen molar-refractivity contribution in [1.82, 2.24) is 14.9 Å². The highest BCUT2D eigenvalue weighted by Gasteiger charge is 2.04. The van der Waals surface area contributed by atoms with Crippen LogP contribution in [0.2, 0.25) is 0 Å². The molecular weight excluding hydrogens is 354 g/mol. The summed E-state index contributed by atoms with van der Waals surface area (Å²) < 4.78 is 4.28. The van der Waals surface area contributed by atoms with Crippen molar-refractivity contribution in [2.75, 3.05) is 0 Å². The predicted octanol–water partition coefficient (Wildman–Crippen LogP) is 3.30. The maximum absolute atomic E-state index is 4.26. The Morgan fingerprint density at radius 1 is 1.44 bits per heavy atom. The van der Waals surface area contributed by atoms with Gasteiger partial charge in [0.1, 0.15) is 5.82 Å². The van der Waals surface area contributed by atoms with Gasteiger partial charge in [0.05, 0.1) is 10.3 Å². The van der Waals surface area contributed by atoms with E-state index in [0.29, 0.717) is 0 Å². The molecule has 0 aromatic carbocycles. The highest BCUT2D eigenvalue weighted by atomic mass is 79.9. The third-order valence-corrected chi connectivity index (χ3v) is 5.46. The second kappa shape index (κ2) is 5.44. The Balaban J connectivity index is 1.87. The molecule has 0 fully saturated rings. The summed E-state index contributed by atoms with van der Waals surface area (Å²) in [4.78, 5) is 5.55. The number of rotatable bonds is 4. The van der Waals surface area contributed by atoms with Crippen molar-refractivity contribution in [1.29, 1.82) is 0 Å². The largest absolute Gasteiger partial charge is 0.337 e. The van der Waals surface area contributed by atoms with Crippen LogP contribution in [-0.2, 0) is 20.1 Å². The zero-order chi connectivity index (χ0) is 11.5. The molecule has 16 heavy (non-hydrogen) atoms. The van der Waals surface area contributed by atoms with Gasteiger partial charge in [-0.05, 0) is 37.9 Å². The lowest BCUT2D eigenvalue weighted by molar-refractivity contribution is 0.643. The maximum Gasteiger partial charge on any atom is 0.122 e. The number of nitrogens with one attached hydrogen (secondary N) is 1. The number of aromatic nitrogens is 2. The van der Waals surface area contributed by atoms with E-state index >= 15 is 0 Å². The first-order valence-corrected chi connectivity index (χ1v) is 7.17. The fourth-order valence-corrected chi connectivity index (χ4v) is 3.49. The summed E-state index contributed by atoms with van der Waals surface area (Å²) in [6, 6.07) is 2.13. The molecule has 2 rings (SSSR count). The average molecular weight is 365 g/mol. The van der Waals surface area contributed by atoms with Crippen LogP contribution in [0, 0.1) is 0 Å². The Morgan fingerprint density at radius 3 is 2.81 bits per heavy atom. The number of aryl methyl sites for hydroxylation is 1. The van der Waals surface area contributed by atoms with Crippen LogP contribution in [0.4, 0.5) is 0 Å². The molecule has 0 atom stereocenters. The molecule has 3 nitrogen and oxygen atoms in total. The smallest absolute Gasteiger partial charge is 0.122 e. The standard InChI is InChI=1S/C10H11Br2N3S/c1-15-3-2-14-9(15)6-13-5-7-4-8(11)10(12)16-7/h2-4,13H,5-6H2,1H3. The highest BCUT2D eigenvalue weighted by molar-refractivity contribution is 9.13. The minimum Gasteiger partial charge on any atom is -0.337 e. The number of hydrogen-bond acceptors (Lipinski definition) is 3. The van der Waals surface area contributed by atoms with E-state index in [4.69, 9.17) is 0 Å². The molecule has 0 aliphatic rings. The van der Waals surface area contributed by atoms with Gasteiger partial charge in [-0.2, -0.15) is 0 Å². The van der Waals surface area contributed by atoms with Crippen LogP contribution in [0.15, 0.2) is 26.7 Å². The number of thiophene rings is 1. The first-order chi connectivity index (χ1) is 7.66. The molecule has 6 heteroatoms. The molecule has 2 aromatic rings. The van der Waals surface area contributed by atoms with E-state index in [1.165, 1.54) is 4.88 Å². The molecule has 0 saturated carbocycles. The first kappa shape index (κ1) is 12.3. The van der Waals surface area contributed by atoms with Gasteiger partial charge in [0, 0.05) is 35.3 Å². The number of nitrogens with zero attached hydrogens (tertiary/aromatic N) is 2. The molecule has 0 unspecified atom stereocenters. The number of hydrogen-bond donors (Lipinski definition) is 1. The van der Waals surface area contributed by atoms with Crippen molar-refractivity contribution < 1.29 is 0 Å². The number of halogens is 2. The summed E-state index contributed by atoms with van der Waals surface area (Å²) in [5.74, 6) is 1.05. The summed E-state index contributed by atoms with van der Waals surface area (Å²) in [5.41, 5.74) is 0. The van der Waals surface area contributed by atoms with Crippen LogP contribution < -0.4 is 5.32 Å². The van der Waals surface area contributed by atoms with Gasteiger partial charge in [-0.15, -0.1) is 11.3 Å².